The molecule has 2 heterocycles. The Hall–Kier alpha value is -1.86. The maximum Gasteiger partial charge on any atom is 0.268 e. The lowest BCUT2D eigenvalue weighted by Gasteiger charge is -2.26. The number of hydrogen-bond acceptors (Lipinski definition) is 3. The van der Waals surface area contributed by atoms with Crippen molar-refractivity contribution in [3.8, 4) is 0 Å². The number of rotatable bonds is 2. The van der Waals surface area contributed by atoms with E-state index in [2.05, 4.69) is 10.2 Å². The molecule has 1 aliphatic rings. The van der Waals surface area contributed by atoms with E-state index in [1.807, 2.05) is 13.0 Å². The minimum Gasteiger partial charge on any atom is -0.302 e. The number of hydrogen-bond donors (Lipinski definition) is 2. The molecule has 0 saturated carbocycles. The predicted octanol–water partition coefficient (Wildman–Crippen LogP) is 1.07. The first kappa shape index (κ1) is 14.1. The molecule has 1 aromatic heterocycles. The van der Waals surface area contributed by atoms with Crippen LogP contribution in [0.3, 0.4) is 0 Å². The first-order valence-electron chi connectivity index (χ1n) is 6.75. The highest BCUT2D eigenvalue weighted by molar-refractivity contribution is 7.89. The van der Waals surface area contributed by atoms with E-state index in [1.165, 1.54) is 4.31 Å². The maximum atomic E-state index is 12.8. The lowest BCUT2D eigenvalue weighted by molar-refractivity contribution is 0.388. The third-order valence-corrected chi connectivity index (χ3v) is 5.86. The fourth-order valence-electron chi connectivity index (χ4n) is 2.62. The van der Waals surface area contributed by atoms with Crippen molar-refractivity contribution in [2.24, 2.45) is 0 Å². The van der Waals surface area contributed by atoms with Gasteiger partial charge in [-0.05, 0) is 31.0 Å². The van der Waals surface area contributed by atoms with Crippen LogP contribution < -0.4 is 5.56 Å². The van der Waals surface area contributed by atoms with E-state index < -0.39 is 10.0 Å². The van der Waals surface area contributed by atoms with Crippen LogP contribution in [-0.4, -0.2) is 29.5 Å². The van der Waals surface area contributed by atoms with Crippen molar-refractivity contribution in [2.45, 2.75) is 31.7 Å². The lowest BCUT2D eigenvalue weighted by atomic mass is 10.1. The fourth-order valence-corrected chi connectivity index (χ4v) is 4.34. The molecule has 0 unspecified atom stereocenters. The van der Waals surface area contributed by atoms with Crippen molar-refractivity contribution in [2.75, 3.05) is 6.54 Å². The van der Waals surface area contributed by atoms with Gasteiger partial charge < -0.3 is 5.10 Å². The van der Waals surface area contributed by atoms with Crippen LogP contribution in [0.4, 0.5) is 0 Å². The van der Waals surface area contributed by atoms with Crippen molar-refractivity contribution in [3.05, 3.63) is 50.9 Å². The SMILES string of the molecule is Cc1ccc(C)c(S(=O)(=O)N2CCc3[nH][nH]c(=O)c3C2)c1. The first-order valence-corrected chi connectivity index (χ1v) is 8.19. The van der Waals surface area contributed by atoms with Gasteiger partial charge >= 0.3 is 0 Å². The third-order valence-electron chi connectivity index (χ3n) is 3.87. The quantitative estimate of drug-likeness (QED) is 0.870. The summed E-state index contributed by atoms with van der Waals surface area (Å²) in [4.78, 5) is 12.0. The third kappa shape index (κ3) is 2.32. The standard InChI is InChI=1S/C14H17N3O3S/c1-9-3-4-10(2)13(7-9)21(19,20)17-6-5-12-11(8-17)14(18)16-15-12/h3-4,7H,5-6,8H2,1-2H3,(H2,15,16,18). The van der Waals surface area contributed by atoms with Crippen molar-refractivity contribution < 1.29 is 8.42 Å². The summed E-state index contributed by atoms with van der Waals surface area (Å²) in [5, 5.41) is 5.31. The van der Waals surface area contributed by atoms with Gasteiger partial charge in [0, 0.05) is 25.2 Å². The van der Waals surface area contributed by atoms with E-state index in [1.54, 1.807) is 19.1 Å². The van der Waals surface area contributed by atoms with E-state index in [0.717, 1.165) is 16.8 Å². The van der Waals surface area contributed by atoms with Crippen LogP contribution in [0.2, 0.25) is 0 Å². The summed E-state index contributed by atoms with van der Waals surface area (Å²) >= 11 is 0. The number of nitrogens with zero attached hydrogens (tertiary/aromatic N) is 1. The molecule has 2 aromatic rings. The van der Waals surface area contributed by atoms with Crippen LogP contribution in [0.25, 0.3) is 0 Å². The Balaban J connectivity index is 2.02. The topological polar surface area (TPSA) is 86.0 Å². The second-order valence-corrected chi connectivity index (χ2v) is 7.30. The molecule has 2 N–H and O–H groups in total. The minimum absolute atomic E-state index is 0.115. The molecule has 21 heavy (non-hydrogen) atoms. The Labute approximate surface area is 122 Å². The fraction of sp³-hybridized carbons (Fsp3) is 0.357. The first-order chi connectivity index (χ1) is 9.89. The number of fused-ring (bicyclic) bond motifs is 1. The van der Waals surface area contributed by atoms with Crippen molar-refractivity contribution in [3.63, 3.8) is 0 Å². The summed E-state index contributed by atoms with van der Waals surface area (Å²) in [5.74, 6) is 0. The van der Waals surface area contributed by atoms with Crippen molar-refractivity contribution in [1.82, 2.24) is 14.5 Å². The Morgan fingerprint density at radius 2 is 1.95 bits per heavy atom. The molecule has 112 valence electrons. The summed E-state index contributed by atoms with van der Waals surface area (Å²) in [6.07, 6.45) is 0.512. The molecule has 0 atom stereocenters. The van der Waals surface area contributed by atoms with Crippen LogP contribution in [-0.2, 0) is 23.0 Å². The second kappa shape index (κ2) is 4.85. The van der Waals surface area contributed by atoms with E-state index in [0.29, 0.717) is 23.4 Å². The zero-order valence-electron chi connectivity index (χ0n) is 11.9. The minimum atomic E-state index is -3.59. The number of aromatic amines is 2. The number of aromatic nitrogens is 2. The van der Waals surface area contributed by atoms with Crippen LogP contribution in [0.5, 0.6) is 0 Å². The highest BCUT2D eigenvalue weighted by atomic mass is 32.2. The normalized spacial score (nSPS) is 15.9. The molecule has 1 aliphatic heterocycles. The number of sulfonamides is 1. The highest BCUT2D eigenvalue weighted by Gasteiger charge is 2.31. The van der Waals surface area contributed by atoms with Gasteiger partial charge in [-0.2, -0.15) is 4.31 Å². The zero-order chi connectivity index (χ0) is 15.2. The van der Waals surface area contributed by atoms with Crippen LogP contribution in [0.15, 0.2) is 27.9 Å². The number of nitrogens with one attached hydrogen (secondary N) is 2. The van der Waals surface area contributed by atoms with E-state index >= 15 is 0 Å². The number of H-pyrrole nitrogens is 2. The number of benzene rings is 1. The molecular weight excluding hydrogens is 290 g/mol. The maximum absolute atomic E-state index is 12.8. The van der Waals surface area contributed by atoms with Gasteiger partial charge in [-0.1, -0.05) is 12.1 Å². The summed E-state index contributed by atoms with van der Waals surface area (Å²) < 4.78 is 27.0. The average Bonchev–Trinajstić information content (AvgIpc) is 2.82. The molecule has 0 amide bonds. The Morgan fingerprint density at radius 1 is 1.19 bits per heavy atom. The van der Waals surface area contributed by atoms with Gasteiger partial charge in [-0.15, -0.1) is 0 Å². The molecule has 0 spiro atoms. The van der Waals surface area contributed by atoms with Gasteiger partial charge in [0.1, 0.15) is 0 Å². The monoisotopic (exact) mass is 307 g/mol. The van der Waals surface area contributed by atoms with Gasteiger partial charge in [-0.3, -0.25) is 9.89 Å². The Kier molecular flexibility index (Phi) is 3.26. The molecule has 6 nitrogen and oxygen atoms in total. The average molecular weight is 307 g/mol. The molecule has 1 aromatic carbocycles. The van der Waals surface area contributed by atoms with Gasteiger partial charge in [-0.25, -0.2) is 8.42 Å². The molecule has 7 heteroatoms. The molecule has 0 saturated heterocycles. The summed E-state index contributed by atoms with van der Waals surface area (Å²) in [6.45, 7) is 4.13. The van der Waals surface area contributed by atoms with Gasteiger partial charge in [0.25, 0.3) is 5.56 Å². The highest BCUT2D eigenvalue weighted by Crippen LogP contribution is 2.25. The summed E-state index contributed by atoms with van der Waals surface area (Å²) in [7, 11) is -3.59. The van der Waals surface area contributed by atoms with Crippen LogP contribution in [0, 0.1) is 13.8 Å². The number of aryl methyl sites for hydroxylation is 2. The van der Waals surface area contributed by atoms with E-state index in [-0.39, 0.29) is 12.1 Å². The predicted molar refractivity (Wildman–Crippen MR) is 78.6 cm³/mol. The van der Waals surface area contributed by atoms with Crippen molar-refractivity contribution >= 4 is 10.0 Å². The molecule has 0 aliphatic carbocycles. The summed E-state index contributed by atoms with van der Waals surface area (Å²) in [5.41, 5.74) is 2.68. The van der Waals surface area contributed by atoms with E-state index in [4.69, 9.17) is 0 Å². The smallest absolute Gasteiger partial charge is 0.268 e. The van der Waals surface area contributed by atoms with Gasteiger partial charge in [0.2, 0.25) is 10.0 Å². The Bertz CT molecular complexity index is 849. The molecule has 0 bridgehead atoms. The van der Waals surface area contributed by atoms with Crippen molar-refractivity contribution in [1.29, 1.82) is 0 Å². The molecular formula is C14H17N3O3S. The largest absolute Gasteiger partial charge is 0.302 e. The molecule has 3 rings (SSSR count). The molecule has 0 radical (unpaired) electrons. The van der Waals surface area contributed by atoms with Gasteiger partial charge in [0.15, 0.2) is 0 Å². The Morgan fingerprint density at radius 3 is 2.71 bits per heavy atom. The lowest BCUT2D eigenvalue weighted by Crippen LogP contribution is -2.37. The van der Waals surface area contributed by atoms with Gasteiger partial charge in [0.05, 0.1) is 10.5 Å². The van der Waals surface area contributed by atoms with E-state index in [9.17, 15) is 13.2 Å². The zero-order valence-corrected chi connectivity index (χ0v) is 12.8. The van der Waals surface area contributed by atoms with Crippen LogP contribution in [0.1, 0.15) is 22.4 Å². The molecule has 0 fully saturated rings. The van der Waals surface area contributed by atoms with Crippen LogP contribution >= 0.6 is 0 Å². The second-order valence-electron chi connectivity index (χ2n) is 5.39. The summed E-state index contributed by atoms with van der Waals surface area (Å²) in [6, 6.07) is 5.38.